The van der Waals surface area contributed by atoms with Gasteiger partial charge in [0, 0.05) is 44.8 Å². The zero-order chi connectivity index (χ0) is 17.2. The van der Waals surface area contributed by atoms with E-state index in [9.17, 15) is 4.79 Å². The number of nitrogens with zero attached hydrogens (tertiary/aromatic N) is 2. The maximum atomic E-state index is 12.0. The number of benzene rings is 1. The van der Waals surface area contributed by atoms with Crippen molar-refractivity contribution in [2.75, 3.05) is 46.4 Å². The van der Waals surface area contributed by atoms with Crippen molar-refractivity contribution in [1.82, 2.24) is 15.5 Å². The van der Waals surface area contributed by atoms with Crippen LogP contribution in [0.15, 0.2) is 35.3 Å². The summed E-state index contributed by atoms with van der Waals surface area (Å²) < 4.78 is 5.43. The number of guanidine groups is 1. The first-order valence-electron chi connectivity index (χ1n) is 8.61. The Kier molecular flexibility index (Phi) is 10.5. The predicted molar refractivity (Wildman–Crippen MR) is 112 cm³/mol. The van der Waals surface area contributed by atoms with Crippen molar-refractivity contribution in [2.24, 2.45) is 10.9 Å². The summed E-state index contributed by atoms with van der Waals surface area (Å²) in [6.07, 6.45) is 1.11. The van der Waals surface area contributed by atoms with E-state index in [0.717, 1.165) is 38.7 Å². The molecule has 1 saturated heterocycles. The van der Waals surface area contributed by atoms with Gasteiger partial charge in [-0.25, -0.2) is 0 Å². The Morgan fingerprint density at radius 1 is 1.32 bits per heavy atom. The molecule has 25 heavy (non-hydrogen) atoms. The van der Waals surface area contributed by atoms with Crippen molar-refractivity contribution in [3.63, 3.8) is 0 Å². The normalized spacial score (nSPS) is 16.9. The molecule has 2 N–H and O–H groups in total. The summed E-state index contributed by atoms with van der Waals surface area (Å²) in [5.41, 5.74) is 0.673. The molecular formula is C18H29IN4O2. The van der Waals surface area contributed by atoms with Crippen molar-refractivity contribution in [1.29, 1.82) is 0 Å². The van der Waals surface area contributed by atoms with Gasteiger partial charge in [0.15, 0.2) is 5.96 Å². The highest BCUT2D eigenvalue weighted by molar-refractivity contribution is 14.0. The fourth-order valence-corrected chi connectivity index (χ4v) is 2.69. The van der Waals surface area contributed by atoms with Gasteiger partial charge >= 0.3 is 0 Å². The summed E-state index contributed by atoms with van der Waals surface area (Å²) in [6, 6.07) is 9.23. The minimum Gasteiger partial charge on any atom is -0.381 e. The Bertz CT molecular complexity index is 533. The zero-order valence-electron chi connectivity index (χ0n) is 15.0. The molecule has 6 nitrogen and oxygen atoms in total. The van der Waals surface area contributed by atoms with Gasteiger partial charge in [0.05, 0.1) is 13.2 Å². The van der Waals surface area contributed by atoms with Crippen LogP contribution in [0.2, 0.25) is 0 Å². The molecule has 1 atom stereocenters. The van der Waals surface area contributed by atoms with Gasteiger partial charge in [0.2, 0.25) is 0 Å². The zero-order valence-corrected chi connectivity index (χ0v) is 17.4. The van der Waals surface area contributed by atoms with E-state index in [2.05, 4.69) is 27.4 Å². The highest BCUT2D eigenvalue weighted by Crippen LogP contribution is 2.13. The van der Waals surface area contributed by atoms with E-state index in [4.69, 9.17) is 4.74 Å². The van der Waals surface area contributed by atoms with Crippen molar-refractivity contribution in [3.8, 4) is 0 Å². The van der Waals surface area contributed by atoms with Crippen LogP contribution in [0.25, 0.3) is 0 Å². The van der Waals surface area contributed by atoms with Gasteiger partial charge in [-0.05, 0) is 25.5 Å². The molecule has 1 unspecified atom stereocenters. The van der Waals surface area contributed by atoms with Gasteiger partial charge in [-0.15, -0.1) is 24.0 Å². The molecule has 7 heteroatoms. The number of aliphatic imine (C=N–C) groups is 1. The van der Waals surface area contributed by atoms with E-state index in [1.165, 1.54) is 0 Å². The second-order valence-electron chi connectivity index (χ2n) is 5.97. The molecule has 0 aliphatic carbocycles. The van der Waals surface area contributed by atoms with Crippen LogP contribution in [0.5, 0.6) is 0 Å². The molecule has 1 fully saturated rings. The van der Waals surface area contributed by atoms with Crippen LogP contribution in [0.1, 0.15) is 23.7 Å². The Balaban J connectivity index is 0.00000312. The van der Waals surface area contributed by atoms with Crippen molar-refractivity contribution in [3.05, 3.63) is 35.9 Å². The van der Waals surface area contributed by atoms with Crippen LogP contribution >= 0.6 is 24.0 Å². The third-order valence-corrected chi connectivity index (χ3v) is 3.95. The Morgan fingerprint density at radius 3 is 2.72 bits per heavy atom. The van der Waals surface area contributed by atoms with E-state index in [0.29, 0.717) is 24.6 Å². The predicted octanol–water partition coefficient (Wildman–Crippen LogP) is 1.97. The number of hydrogen-bond acceptors (Lipinski definition) is 3. The second kappa shape index (κ2) is 12.1. The van der Waals surface area contributed by atoms with E-state index < -0.39 is 0 Å². The molecule has 1 aromatic carbocycles. The Hall–Kier alpha value is -1.35. The summed E-state index contributed by atoms with van der Waals surface area (Å²) in [5.74, 6) is 1.38. The molecule has 0 aromatic heterocycles. The fourth-order valence-electron chi connectivity index (χ4n) is 2.69. The third kappa shape index (κ3) is 7.60. The maximum Gasteiger partial charge on any atom is 0.251 e. The van der Waals surface area contributed by atoms with Crippen LogP contribution in [0.4, 0.5) is 0 Å². The van der Waals surface area contributed by atoms with Crippen LogP contribution < -0.4 is 10.6 Å². The van der Waals surface area contributed by atoms with Crippen LogP contribution in [-0.4, -0.2) is 63.2 Å². The number of carbonyl (C=O) groups is 1. The average Bonchev–Trinajstić information content (AvgIpc) is 3.11. The van der Waals surface area contributed by atoms with Crippen molar-refractivity contribution >= 4 is 35.8 Å². The number of halogens is 1. The van der Waals surface area contributed by atoms with Crippen LogP contribution in [-0.2, 0) is 4.74 Å². The number of nitrogens with one attached hydrogen (secondary N) is 2. The molecule has 140 valence electrons. The number of ether oxygens (including phenoxy) is 1. The van der Waals surface area contributed by atoms with Gasteiger partial charge in [-0.1, -0.05) is 18.2 Å². The van der Waals surface area contributed by atoms with Crippen molar-refractivity contribution in [2.45, 2.75) is 13.3 Å². The monoisotopic (exact) mass is 460 g/mol. The van der Waals surface area contributed by atoms with Gasteiger partial charge in [-0.2, -0.15) is 0 Å². The van der Waals surface area contributed by atoms with Crippen LogP contribution in [0, 0.1) is 5.92 Å². The summed E-state index contributed by atoms with van der Waals surface area (Å²) in [7, 11) is 2.04. The standard InChI is InChI=1S/C18H28N4O2.HI/c1-3-19-18(22(2)13-15-9-12-24-14-15)21-11-10-20-17(23)16-7-5-4-6-8-16;/h4-8,15H,3,9-14H2,1-2H3,(H,19,21)(H,20,23);1H. The van der Waals surface area contributed by atoms with E-state index in [-0.39, 0.29) is 29.9 Å². The first-order valence-corrected chi connectivity index (χ1v) is 8.61. The summed E-state index contributed by atoms with van der Waals surface area (Å²) >= 11 is 0. The summed E-state index contributed by atoms with van der Waals surface area (Å²) in [5, 5.41) is 6.19. The van der Waals surface area contributed by atoms with Crippen molar-refractivity contribution < 1.29 is 9.53 Å². The lowest BCUT2D eigenvalue weighted by Gasteiger charge is -2.24. The first kappa shape index (κ1) is 21.7. The van der Waals surface area contributed by atoms with E-state index in [1.807, 2.05) is 25.2 Å². The van der Waals surface area contributed by atoms with Gasteiger partial charge in [0.25, 0.3) is 5.91 Å². The second-order valence-corrected chi connectivity index (χ2v) is 5.97. The minimum absolute atomic E-state index is 0. The molecule has 2 rings (SSSR count). The third-order valence-electron chi connectivity index (χ3n) is 3.95. The Morgan fingerprint density at radius 2 is 2.08 bits per heavy atom. The topological polar surface area (TPSA) is 66.0 Å². The average molecular weight is 460 g/mol. The van der Waals surface area contributed by atoms with Crippen LogP contribution in [0.3, 0.4) is 0 Å². The molecule has 0 saturated carbocycles. The number of rotatable bonds is 7. The number of hydrogen-bond donors (Lipinski definition) is 2. The molecule has 0 spiro atoms. The summed E-state index contributed by atoms with van der Waals surface area (Å²) in [6.45, 7) is 6.56. The maximum absolute atomic E-state index is 12.0. The smallest absolute Gasteiger partial charge is 0.251 e. The molecule has 1 heterocycles. The molecule has 1 aliphatic heterocycles. The van der Waals surface area contributed by atoms with Gasteiger partial charge in [-0.3, -0.25) is 9.79 Å². The van der Waals surface area contributed by atoms with E-state index >= 15 is 0 Å². The highest BCUT2D eigenvalue weighted by atomic mass is 127. The summed E-state index contributed by atoms with van der Waals surface area (Å²) in [4.78, 5) is 18.7. The Labute approximate surface area is 167 Å². The SMILES string of the molecule is CCNC(=NCCNC(=O)c1ccccc1)N(C)CC1CCOC1.I. The molecule has 1 amide bonds. The lowest BCUT2D eigenvalue weighted by Crippen LogP contribution is -2.42. The molecule has 1 aliphatic rings. The first-order chi connectivity index (χ1) is 11.7. The molecule has 0 radical (unpaired) electrons. The molecular weight excluding hydrogens is 431 g/mol. The lowest BCUT2D eigenvalue weighted by atomic mass is 10.1. The number of carbonyl (C=O) groups excluding carboxylic acids is 1. The molecule has 0 bridgehead atoms. The quantitative estimate of drug-likeness (QED) is 0.283. The van der Waals surface area contributed by atoms with Gasteiger partial charge < -0.3 is 20.3 Å². The number of amides is 1. The minimum atomic E-state index is -0.0627. The van der Waals surface area contributed by atoms with E-state index in [1.54, 1.807) is 12.1 Å². The highest BCUT2D eigenvalue weighted by Gasteiger charge is 2.18. The lowest BCUT2D eigenvalue weighted by molar-refractivity contribution is 0.0955. The molecule has 1 aromatic rings. The largest absolute Gasteiger partial charge is 0.381 e. The van der Waals surface area contributed by atoms with Gasteiger partial charge in [0.1, 0.15) is 0 Å². The fraction of sp³-hybridized carbons (Fsp3) is 0.556.